The average Bonchev–Trinajstić information content (AvgIpc) is 3.22. The molecular formula is C24H19NO5S. The third kappa shape index (κ3) is 3.20. The van der Waals surface area contributed by atoms with Crippen LogP contribution in [0.15, 0.2) is 83.8 Å². The predicted molar refractivity (Wildman–Crippen MR) is 116 cm³/mol. The van der Waals surface area contributed by atoms with E-state index in [1.807, 2.05) is 54.6 Å². The van der Waals surface area contributed by atoms with Crippen LogP contribution in [-0.2, 0) is 9.53 Å². The number of carbonyl (C=O) groups excluding carboxylic acids is 2. The molecule has 31 heavy (non-hydrogen) atoms. The lowest BCUT2D eigenvalue weighted by Gasteiger charge is -2.45. The smallest absolute Gasteiger partial charge is 0.338 e. The molecule has 3 aliphatic carbocycles. The number of allylic oxidation sites excluding steroid dienone is 2. The summed E-state index contributed by atoms with van der Waals surface area (Å²) in [4.78, 5) is 37.3. The van der Waals surface area contributed by atoms with Gasteiger partial charge in [-0.3, -0.25) is 14.9 Å². The fourth-order valence-corrected chi connectivity index (χ4v) is 6.09. The Kier molecular flexibility index (Phi) is 4.78. The Morgan fingerprint density at radius 3 is 2.16 bits per heavy atom. The molecule has 4 unspecified atom stereocenters. The summed E-state index contributed by atoms with van der Waals surface area (Å²) in [6, 6.07) is 15.3. The standard InChI is InChI=1S/C24H19NO5S/c26-22-18-10-11-19(22)21-13-12-20(18)24(21,14-31-17-4-2-1-3-5-17)30-23(27)15-6-8-16(9-7-15)25(28)29/h1-13,18-21H,14H2. The lowest BCUT2D eigenvalue weighted by molar-refractivity contribution is -0.384. The van der Waals surface area contributed by atoms with Crippen LogP contribution < -0.4 is 0 Å². The first kappa shape index (κ1) is 19.8. The van der Waals surface area contributed by atoms with Gasteiger partial charge in [0.25, 0.3) is 5.69 Å². The first-order valence-electron chi connectivity index (χ1n) is 10.1. The normalized spacial score (nSPS) is 29.9. The molecule has 1 saturated carbocycles. The zero-order valence-electron chi connectivity index (χ0n) is 16.4. The number of benzene rings is 2. The number of Topliss-reactive ketones (excluding diaryl/α,β-unsaturated/α-hetero) is 1. The molecule has 3 aliphatic rings. The van der Waals surface area contributed by atoms with E-state index in [9.17, 15) is 19.7 Å². The van der Waals surface area contributed by atoms with Crippen molar-refractivity contribution in [1.82, 2.24) is 0 Å². The fraction of sp³-hybridized carbons (Fsp3) is 0.250. The number of carbonyl (C=O) groups is 2. The number of non-ortho nitro benzene ring substituents is 1. The van der Waals surface area contributed by atoms with Gasteiger partial charge in [0.05, 0.1) is 10.5 Å². The molecule has 6 nitrogen and oxygen atoms in total. The van der Waals surface area contributed by atoms with Gasteiger partial charge in [-0.2, -0.15) is 0 Å². The third-order valence-corrected chi connectivity index (χ3v) is 7.62. The molecule has 0 N–H and O–H groups in total. The zero-order valence-corrected chi connectivity index (χ0v) is 17.2. The lowest BCUT2D eigenvalue weighted by Crippen LogP contribution is -2.56. The number of hydrogen-bond donors (Lipinski definition) is 0. The van der Waals surface area contributed by atoms with E-state index in [0.717, 1.165) is 4.90 Å². The van der Waals surface area contributed by atoms with Crippen LogP contribution in [0, 0.1) is 33.8 Å². The number of nitrogens with zero attached hydrogens (tertiary/aromatic N) is 1. The van der Waals surface area contributed by atoms with Gasteiger partial charge in [0.1, 0.15) is 11.4 Å². The maximum absolute atomic E-state index is 13.1. The zero-order chi connectivity index (χ0) is 21.6. The van der Waals surface area contributed by atoms with Gasteiger partial charge in [0, 0.05) is 46.5 Å². The van der Waals surface area contributed by atoms with Crippen LogP contribution in [0.4, 0.5) is 5.69 Å². The summed E-state index contributed by atoms with van der Waals surface area (Å²) in [5.41, 5.74) is -0.684. The molecule has 0 aromatic heterocycles. The number of hydrogen-bond acceptors (Lipinski definition) is 6. The monoisotopic (exact) mass is 433 g/mol. The fourth-order valence-electron chi connectivity index (χ4n) is 4.90. The van der Waals surface area contributed by atoms with Gasteiger partial charge in [-0.15, -0.1) is 11.8 Å². The summed E-state index contributed by atoms with van der Waals surface area (Å²) >= 11 is 1.60. The van der Waals surface area contributed by atoms with E-state index in [1.165, 1.54) is 24.3 Å². The summed E-state index contributed by atoms with van der Waals surface area (Å²) in [5, 5.41) is 10.9. The van der Waals surface area contributed by atoms with Crippen molar-refractivity contribution in [3.05, 3.63) is 94.6 Å². The topological polar surface area (TPSA) is 86.5 Å². The Labute approximate surface area is 183 Å². The number of ether oxygens (including phenoxy) is 1. The van der Waals surface area contributed by atoms with Crippen molar-refractivity contribution in [2.24, 2.45) is 23.7 Å². The number of rotatable bonds is 6. The van der Waals surface area contributed by atoms with E-state index in [1.54, 1.807) is 11.8 Å². The van der Waals surface area contributed by atoms with Crippen molar-refractivity contribution in [3.63, 3.8) is 0 Å². The Bertz CT molecular complexity index is 1080. The number of nitro groups is 1. The number of ketones is 1. The molecule has 2 aromatic carbocycles. The Balaban J connectivity index is 1.46. The molecule has 0 heterocycles. The van der Waals surface area contributed by atoms with E-state index in [4.69, 9.17) is 4.74 Å². The van der Waals surface area contributed by atoms with Crippen LogP contribution >= 0.6 is 11.8 Å². The van der Waals surface area contributed by atoms with Crippen molar-refractivity contribution >= 4 is 29.2 Å². The second kappa shape index (κ2) is 7.50. The second-order valence-corrected chi connectivity index (χ2v) is 9.07. The highest BCUT2D eigenvalue weighted by Crippen LogP contribution is 2.56. The Morgan fingerprint density at radius 1 is 0.968 bits per heavy atom. The van der Waals surface area contributed by atoms with Crippen molar-refractivity contribution < 1.29 is 19.2 Å². The van der Waals surface area contributed by atoms with Gasteiger partial charge in [-0.05, 0) is 24.3 Å². The molecule has 0 saturated heterocycles. The van der Waals surface area contributed by atoms with E-state index in [2.05, 4.69) is 0 Å². The molecule has 7 heteroatoms. The highest BCUT2D eigenvalue weighted by molar-refractivity contribution is 7.99. The maximum atomic E-state index is 13.1. The molecular weight excluding hydrogens is 414 g/mol. The maximum Gasteiger partial charge on any atom is 0.338 e. The van der Waals surface area contributed by atoms with E-state index in [0.29, 0.717) is 5.75 Å². The van der Waals surface area contributed by atoms with Crippen LogP contribution in [0.1, 0.15) is 10.4 Å². The van der Waals surface area contributed by atoms with Gasteiger partial charge < -0.3 is 4.74 Å². The number of nitro benzene ring substituents is 1. The second-order valence-electron chi connectivity index (χ2n) is 8.03. The minimum atomic E-state index is -0.855. The van der Waals surface area contributed by atoms with Gasteiger partial charge in [-0.1, -0.05) is 42.5 Å². The molecule has 0 amide bonds. The number of fused-ring (bicyclic) bond motifs is 6. The van der Waals surface area contributed by atoms with Crippen LogP contribution in [-0.4, -0.2) is 28.0 Å². The highest BCUT2D eigenvalue weighted by Gasteiger charge is 2.63. The molecule has 0 aliphatic heterocycles. The van der Waals surface area contributed by atoms with Gasteiger partial charge in [0.2, 0.25) is 0 Å². The predicted octanol–water partition coefficient (Wildman–Crippen LogP) is 4.47. The van der Waals surface area contributed by atoms with Crippen LogP contribution in [0.25, 0.3) is 0 Å². The van der Waals surface area contributed by atoms with Crippen molar-refractivity contribution in [3.8, 4) is 0 Å². The molecule has 4 atom stereocenters. The van der Waals surface area contributed by atoms with Crippen LogP contribution in [0.5, 0.6) is 0 Å². The number of esters is 1. The quantitative estimate of drug-likeness (QED) is 0.220. The summed E-state index contributed by atoms with van der Waals surface area (Å²) in [7, 11) is 0. The first-order chi connectivity index (χ1) is 15.0. The Morgan fingerprint density at radius 2 is 1.58 bits per heavy atom. The minimum absolute atomic E-state index is 0.0851. The molecule has 1 fully saturated rings. The molecule has 2 aromatic rings. The van der Waals surface area contributed by atoms with Crippen molar-refractivity contribution in [2.45, 2.75) is 10.5 Å². The molecule has 0 spiro atoms. The SMILES string of the molecule is O=C(OC1(CSc2ccccc2)C2C=CC1C1C=CC2C1=O)c1ccc([N+](=O)[O-])cc1. The number of thioether (sulfide) groups is 1. The minimum Gasteiger partial charge on any atom is -0.453 e. The largest absolute Gasteiger partial charge is 0.453 e. The molecule has 5 rings (SSSR count). The van der Waals surface area contributed by atoms with Crippen LogP contribution in [0.2, 0.25) is 0 Å². The first-order valence-corrected chi connectivity index (χ1v) is 11.0. The molecule has 0 radical (unpaired) electrons. The van der Waals surface area contributed by atoms with Crippen molar-refractivity contribution in [1.29, 1.82) is 0 Å². The Hall–Kier alpha value is -3.19. The summed E-state index contributed by atoms with van der Waals surface area (Å²) in [6.07, 6.45) is 7.93. The van der Waals surface area contributed by atoms with Gasteiger partial charge in [0.15, 0.2) is 0 Å². The van der Waals surface area contributed by atoms with Crippen LogP contribution in [0.3, 0.4) is 0 Å². The van der Waals surface area contributed by atoms with E-state index >= 15 is 0 Å². The van der Waals surface area contributed by atoms with E-state index in [-0.39, 0.29) is 40.7 Å². The molecule has 156 valence electrons. The van der Waals surface area contributed by atoms with Gasteiger partial charge >= 0.3 is 5.97 Å². The summed E-state index contributed by atoms with van der Waals surface area (Å²) in [6.45, 7) is 0. The summed E-state index contributed by atoms with van der Waals surface area (Å²) in [5.74, 6) is -0.860. The van der Waals surface area contributed by atoms with E-state index < -0.39 is 16.5 Å². The lowest BCUT2D eigenvalue weighted by atomic mass is 9.66. The highest BCUT2D eigenvalue weighted by atomic mass is 32.2. The van der Waals surface area contributed by atoms with Crippen molar-refractivity contribution in [2.75, 3.05) is 5.75 Å². The third-order valence-electron chi connectivity index (χ3n) is 6.42. The average molecular weight is 433 g/mol. The molecule has 4 bridgehead atoms. The van der Waals surface area contributed by atoms with Gasteiger partial charge in [-0.25, -0.2) is 4.79 Å². The summed E-state index contributed by atoms with van der Waals surface area (Å²) < 4.78 is 6.22.